The number of esters is 1. The molecule has 1 aliphatic heterocycles. The van der Waals surface area contributed by atoms with E-state index >= 15 is 0 Å². The lowest BCUT2D eigenvalue weighted by Gasteiger charge is -2.31. The third-order valence-electron chi connectivity index (χ3n) is 5.82. The Labute approximate surface area is 179 Å². The lowest BCUT2D eigenvalue weighted by atomic mass is 9.99. The standard InChI is InChI=1S/C22H26N2O5S/c1-13-8-10-24(11-9-13)21(26)14(2)29-22(27)18-15-5-3-7-17(15)30-20(18)23-19(25)16-6-4-12-28-16/h4,6,12-14H,3,5,7-11H2,1-2H3,(H,23,25)/t14-/m0/s1. The zero-order valence-corrected chi connectivity index (χ0v) is 18.0. The van der Waals surface area contributed by atoms with Crippen LogP contribution in [0, 0.1) is 5.92 Å². The minimum absolute atomic E-state index is 0.164. The van der Waals surface area contributed by atoms with Crippen LogP contribution < -0.4 is 5.32 Å². The van der Waals surface area contributed by atoms with Crippen molar-refractivity contribution in [2.24, 2.45) is 5.92 Å². The monoisotopic (exact) mass is 430 g/mol. The zero-order chi connectivity index (χ0) is 21.3. The second kappa shape index (κ2) is 8.63. The second-order valence-electron chi connectivity index (χ2n) is 8.05. The SMILES string of the molecule is CC1CCN(C(=O)[C@H](C)OC(=O)c2c(NC(=O)c3ccco3)sc3c2CCC3)CC1. The van der Waals surface area contributed by atoms with Crippen LogP contribution in [0.15, 0.2) is 22.8 Å². The Hall–Kier alpha value is -2.61. The molecule has 0 aromatic carbocycles. The highest BCUT2D eigenvalue weighted by Crippen LogP contribution is 2.40. The number of piperidine rings is 1. The highest BCUT2D eigenvalue weighted by atomic mass is 32.1. The van der Waals surface area contributed by atoms with Crippen LogP contribution >= 0.6 is 11.3 Å². The fourth-order valence-electron chi connectivity index (χ4n) is 4.04. The average Bonchev–Trinajstić information content (AvgIpc) is 3.45. The number of likely N-dealkylation sites (tertiary alicyclic amines) is 1. The van der Waals surface area contributed by atoms with Gasteiger partial charge in [-0.25, -0.2) is 4.79 Å². The summed E-state index contributed by atoms with van der Waals surface area (Å²) >= 11 is 1.40. The average molecular weight is 431 g/mol. The summed E-state index contributed by atoms with van der Waals surface area (Å²) in [5, 5.41) is 3.24. The van der Waals surface area contributed by atoms with E-state index in [1.54, 1.807) is 24.0 Å². The number of anilines is 1. The van der Waals surface area contributed by atoms with Crippen LogP contribution in [0.4, 0.5) is 5.00 Å². The quantitative estimate of drug-likeness (QED) is 0.727. The Morgan fingerprint density at radius 2 is 2.03 bits per heavy atom. The molecule has 4 rings (SSSR count). The van der Waals surface area contributed by atoms with Crippen molar-refractivity contribution in [3.8, 4) is 0 Å². The molecular formula is C22H26N2O5S. The van der Waals surface area contributed by atoms with E-state index in [1.165, 1.54) is 17.6 Å². The van der Waals surface area contributed by atoms with Crippen molar-refractivity contribution < 1.29 is 23.5 Å². The van der Waals surface area contributed by atoms with Crippen LogP contribution in [-0.2, 0) is 22.4 Å². The first-order valence-corrected chi connectivity index (χ1v) is 11.2. The lowest BCUT2D eigenvalue weighted by Crippen LogP contribution is -2.44. The first-order valence-electron chi connectivity index (χ1n) is 10.4. The number of nitrogens with zero attached hydrogens (tertiary/aromatic N) is 1. The largest absolute Gasteiger partial charge is 0.459 e. The molecule has 0 unspecified atom stereocenters. The van der Waals surface area contributed by atoms with Gasteiger partial charge in [-0.2, -0.15) is 0 Å². The molecule has 30 heavy (non-hydrogen) atoms. The number of nitrogens with one attached hydrogen (secondary N) is 1. The van der Waals surface area contributed by atoms with Crippen molar-refractivity contribution in [2.45, 2.75) is 52.1 Å². The molecule has 0 spiro atoms. The summed E-state index contributed by atoms with van der Waals surface area (Å²) in [6.45, 7) is 5.19. The minimum atomic E-state index is -0.864. The van der Waals surface area contributed by atoms with Crippen molar-refractivity contribution in [2.75, 3.05) is 18.4 Å². The summed E-state index contributed by atoms with van der Waals surface area (Å²) in [6.07, 6.45) is 5.09. The fourth-order valence-corrected chi connectivity index (χ4v) is 5.31. The number of hydrogen-bond acceptors (Lipinski definition) is 6. The maximum Gasteiger partial charge on any atom is 0.342 e. The van der Waals surface area contributed by atoms with E-state index in [4.69, 9.17) is 9.15 Å². The van der Waals surface area contributed by atoms with Gasteiger partial charge in [0.15, 0.2) is 11.9 Å². The topological polar surface area (TPSA) is 88.9 Å². The van der Waals surface area contributed by atoms with Gasteiger partial charge in [0.1, 0.15) is 5.00 Å². The van der Waals surface area contributed by atoms with Gasteiger partial charge < -0.3 is 19.4 Å². The number of amides is 2. The zero-order valence-electron chi connectivity index (χ0n) is 17.2. The molecule has 7 nitrogen and oxygen atoms in total. The molecule has 0 radical (unpaired) electrons. The summed E-state index contributed by atoms with van der Waals surface area (Å²) in [4.78, 5) is 41.1. The Balaban J connectivity index is 1.49. The number of furan rings is 1. The van der Waals surface area contributed by atoms with Gasteiger partial charge in [0.2, 0.25) is 0 Å². The van der Waals surface area contributed by atoms with Gasteiger partial charge >= 0.3 is 5.97 Å². The van der Waals surface area contributed by atoms with Gasteiger partial charge in [-0.05, 0) is 62.6 Å². The molecule has 8 heteroatoms. The molecule has 0 bridgehead atoms. The van der Waals surface area contributed by atoms with E-state index in [-0.39, 0.29) is 11.7 Å². The molecule has 1 saturated heterocycles. The summed E-state index contributed by atoms with van der Waals surface area (Å²) in [5.74, 6) is -0.356. The number of thiophene rings is 1. The molecule has 3 heterocycles. The summed E-state index contributed by atoms with van der Waals surface area (Å²) < 4.78 is 10.7. The molecule has 2 amide bonds. The first-order chi connectivity index (χ1) is 14.4. The molecule has 1 N–H and O–H groups in total. The van der Waals surface area contributed by atoms with E-state index in [1.807, 2.05) is 0 Å². The van der Waals surface area contributed by atoms with E-state index in [9.17, 15) is 14.4 Å². The van der Waals surface area contributed by atoms with Crippen molar-refractivity contribution >= 4 is 34.1 Å². The maximum atomic E-state index is 13.0. The lowest BCUT2D eigenvalue weighted by molar-refractivity contribution is -0.141. The molecule has 0 saturated carbocycles. The highest BCUT2D eigenvalue weighted by molar-refractivity contribution is 7.17. The third-order valence-corrected chi connectivity index (χ3v) is 7.03. The van der Waals surface area contributed by atoms with Gasteiger partial charge in [0, 0.05) is 18.0 Å². The van der Waals surface area contributed by atoms with E-state index in [0.29, 0.717) is 29.6 Å². The summed E-state index contributed by atoms with van der Waals surface area (Å²) in [7, 11) is 0. The van der Waals surface area contributed by atoms with Gasteiger partial charge in [-0.15, -0.1) is 11.3 Å². The van der Waals surface area contributed by atoms with E-state index in [2.05, 4.69) is 12.2 Å². The molecule has 2 aromatic heterocycles. The van der Waals surface area contributed by atoms with Crippen LogP contribution in [0.2, 0.25) is 0 Å². The molecule has 2 aliphatic rings. The first kappa shape index (κ1) is 20.7. The van der Waals surface area contributed by atoms with Crippen molar-refractivity contribution in [1.82, 2.24) is 4.90 Å². The number of fused-ring (bicyclic) bond motifs is 1. The Morgan fingerprint density at radius 1 is 1.27 bits per heavy atom. The van der Waals surface area contributed by atoms with E-state index < -0.39 is 18.0 Å². The highest BCUT2D eigenvalue weighted by Gasteiger charge is 2.32. The Morgan fingerprint density at radius 3 is 2.73 bits per heavy atom. The number of carbonyl (C=O) groups is 3. The molecule has 2 aromatic rings. The maximum absolute atomic E-state index is 13.0. The van der Waals surface area contributed by atoms with Crippen molar-refractivity contribution in [3.63, 3.8) is 0 Å². The van der Waals surface area contributed by atoms with Gasteiger partial charge in [0.05, 0.1) is 11.8 Å². The van der Waals surface area contributed by atoms with Crippen LogP contribution in [0.3, 0.4) is 0 Å². The molecular weight excluding hydrogens is 404 g/mol. The van der Waals surface area contributed by atoms with Crippen LogP contribution in [0.1, 0.15) is 64.5 Å². The van der Waals surface area contributed by atoms with Crippen molar-refractivity contribution in [3.05, 3.63) is 40.2 Å². The fraction of sp³-hybridized carbons (Fsp3) is 0.500. The van der Waals surface area contributed by atoms with Crippen LogP contribution in [0.25, 0.3) is 0 Å². The molecule has 1 fully saturated rings. The van der Waals surface area contributed by atoms with Crippen LogP contribution in [-0.4, -0.2) is 41.9 Å². The molecule has 1 atom stereocenters. The van der Waals surface area contributed by atoms with Crippen LogP contribution in [0.5, 0.6) is 0 Å². The minimum Gasteiger partial charge on any atom is -0.459 e. The second-order valence-corrected chi connectivity index (χ2v) is 9.15. The number of hydrogen-bond donors (Lipinski definition) is 1. The number of ether oxygens (including phenoxy) is 1. The molecule has 1 aliphatic carbocycles. The predicted octanol–water partition coefficient (Wildman–Crippen LogP) is 3.89. The summed E-state index contributed by atoms with van der Waals surface area (Å²) in [5.41, 5.74) is 1.30. The van der Waals surface area contributed by atoms with Crippen molar-refractivity contribution in [1.29, 1.82) is 0 Å². The Kier molecular flexibility index (Phi) is 5.94. The normalized spacial score (nSPS) is 17.5. The number of aryl methyl sites for hydroxylation is 1. The smallest absolute Gasteiger partial charge is 0.342 e. The summed E-state index contributed by atoms with van der Waals surface area (Å²) in [6, 6.07) is 3.20. The molecule has 160 valence electrons. The third kappa shape index (κ3) is 4.14. The Bertz CT molecular complexity index is 941. The predicted molar refractivity (Wildman–Crippen MR) is 113 cm³/mol. The van der Waals surface area contributed by atoms with E-state index in [0.717, 1.165) is 42.5 Å². The number of rotatable bonds is 5. The number of carbonyl (C=O) groups excluding carboxylic acids is 3. The van der Waals surface area contributed by atoms with Gasteiger partial charge in [0.25, 0.3) is 11.8 Å². The van der Waals surface area contributed by atoms with Gasteiger partial charge in [-0.1, -0.05) is 6.92 Å². The van der Waals surface area contributed by atoms with Gasteiger partial charge in [-0.3, -0.25) is 9.59 Å².